The van der Waals surface area contributed by atoms with Crippen LogP contribution >= 0.6 is 11.3 Å². The number of pyridine rings is 1. The number of morpholine rings is 1. The molecule has 2 aromatic heterocycles. The normalized spacial score (nSPS) is 22.9. The van der Waals surface area contributed by atoms with Crippen LogP contribution in [0.3, 0.4) is 0 Å². The molecule has 0 spiro atoms. The van der Waals surface area contributed by atoms with Crippen LogP contribution < -0.4 is 10.4 Å². The summed E-state index contributed by atoms with van der Waals surface area (Å²) in [5.41, 5.74) is -0.483. The van der Waals surface area contributed by atoms with E-state index in [-0.39, 0.29) is 46.6 Å². The fraction of sp³-hybridized carbons (Fsp3) is 0.391. The molecule has 2 fully saturated rings. The van der Waals surface area contributed by atoms with E-state index in [4.69, 9.17) is 4.74 Å². The summed E-state index contributed by atoms with van der Waals surface area (Å²) in [6, 6.07) is 3.30. The molecule has 1 unspecified atom stereocenters. The number of hydrogen-bond donors (Lipinski definition) is 1. The van der Waals surface area contributed by atoms with Gasteiger partial charge in [-0.1, -0.05) is 17.4 Å². The number of aromatic nitrogens is 3. The maximum absolute atomic E-state index is 14.1. The first kappa shape index (κ1) is 22.1. The van der Waals surface area contributed by atoms with Crippen LogP contribution in [0.1, 0.15) is 40.8 Å². The highest BCUT2D eigenvalue weighted by Gasteiger charge is 2.50. The van der Waals surface area contributed by atoms with Gasteiger partial charge >= 0.3 is 0 Å². The van der Waals surface area contributed by atoms with Crippen molar-refractivity contribution in [1.82, 2.24) is 19.8 Å². The zero-order valence-corrected chi connectivity index (χ0v) is 19.5. The van der Waals surface area contributed by atoms with Crippen molar-refractivity contribution in [2.24, 2.45) is 0 Å². The van der Waals surface area contributed by atoms with Gasteiger partial charge in [-0.15, -0.1) is 10.2 Å². The molecule has 1 N–H and O–H groups in total. The molecule has 1 amide bonds. The van der Waals surface area contributed by atoms with Crippen LogP contribution in [0.25, 0.3) is 10.6 Å². The van der Waals surface area contributed by atoms with E-state index in [1.54, 1.807) is 9.58 Å². The van der Waals surface area contributed by atoms with E-state index in [2.05, 4.69) is 10.2 Å². The largest absolute Gasteiger partial charge is 0.502 e. The maximum atomic E-state index is 14.1. The summed E-state index contributed by atoms with van der Waals surface area (Å²) in [6.07, 6.45) is 2.78. The Morgan fingerprint density at radius 1 is 1.23 bits per heavy atom. The molecule has 5 heterocycles. The molecular weight excluding hydrogens is 480 g/mol. The van der Waals surface area contributed by atoms with E-state index in [9.17, 15) is 23.5 Å². The van der Waals surface area contributed by atoms with E-state index >= 15 is 0 Å². The summed E-state index contributed by atoms with van der Waals surface area (Å²) in [4.78, 5) is 28.0. The number of carbonyl (C=O) groups is 1. The lowest BCUT2D eigenvalue weighted by atomic mass is 10.1. The van der Waals surface area contributed by atoms with Crippen molar-refractivity contribution in [3.63, 3.8) is 0 Å². The van der Waals surface area contributed by atoms with Gasteiger partial charge in [-0.05, 0) is 31.4 Å². The SMILES string of the molecule is CCN1C(=O)c2c(O)c(=O)c(-c3nnc(Cc4ccc(F)cc4F)s3)cn2N2C[C@@H]3CCC(O3)[C@@H]12. The minimum Gasteiger partial charge on any atom is -0.502 e. The predicted octanol–water partition coefficient (Wildman–Crippen LogP) is 2.24. The third-order valence-electron chi connectivity index (χ3n) is 6.79. The molecule has 6 rings (SSSR count). The second-order valence-electron chi connectivity index (χ2n) is 8.83. The van der Waals surface area contributed by atoms with Gasteiger partial charge in [0.15, 0.2) is 16.5 Å². The Morgan fingerprint density at radius 3 is 2.83 bits per heavy atom. The van der Waals surface area contributed by atoms with Crippen LogP contribution in [0.5, 0.6) is 5.75 Å². The number of fused-ring (bicyclic) bond motifs is 6. The highest BCUT2D eigenvalue weighted by Crippen LogP contribution is 2.37. The van der Waals surface area contributed by atoms with Gasteiger partial charge in [0, 0.05) is 25.2 Å². The molecule has 0 radical (unpaired) electrons. The van der Waals surface area contributed by atoms with Crippen molar-refractivity contribution in [1.29, 1.82) is 0 Å². The predicted molar refractivity (Wildman–Crippen MR) is 122 cm³/mol. The number of carbonyl (C=O) groups excluding carboxylic acids is 1. The molecule has 1 aromatic carbocycles. The number of halogens is 2. The Bertz CT molecular complexity index is 1410. The van der Waals surface area contributed by atoms with E-state index in [1.807, 2.05) is 11.9 Å². The summed E-state index contributed by atoms with van der Waals surface area (Å²) in [5, 5.41) is 21.6. The Kier molecular flexibility index (Phi) is 5.11. The molecule has 3 atom stereocenters. The van der Waals surface area contributed by atoms with Gasteiger partial charge in [0.2, 0.25) is 5.43 Å². The Morgan fingerprint density at radius 2 is 2.06 bits per heavy atom. The number of aromatic hydroxyl groups is 1. The summed E-state index contributed by atoms with van der Waals surface area (Å²) in [5.74, 6) is -2.45. The average molecular weight is 502 g/mol. The highest BCUT2D eigenvalue weighted by atomic mass is 32.1. The van der Waals surface area contributed by atoms with Crippen molar-refractivity contribution >= 4 is 17.2 Å². The molecule has 2 saturated heterocycles. The van der Waals surface area contributed by atoms with Crippen LogP contribution in [0, 0.1) is 11.6 Å². The van der Waals surface area contributed by atoms with Gasteiger partial charge in [0.25, 0.3) is 5.91 Å². The molecule has 2 bridgehead atoms. The van der Waals surface area contributed by atoms with E-state index < -0.39 is 28.7 Å². The number of hydrogen-bond acceptors (Lipinski definition) is 8. The third-order valence-corrected chi connectivity index (χ3v) is 7.74. The van der Waals surface area contributed by atoms with Crippen molar-refractivity contribution in [2.45, 2.75) is 44.6 Å². The van der Waals surface area contributed by atoms with E-state index in [0.29, 0.717) is 18.1 Å². The topological polar surface area (TPSA) is 101 Å². The van der Waals surface area contributed by atoms with Gasteiger partial charge in [0.05, 0.1) is 24.3 Å². The number of nitrogens with zero attached hydrogens (tertiary/aromatic N) is 5. The minimum absolute atomic E-state index is 0.000216. The summed E-state index contributed by atoms with van der Waals surface area (Å²) in [6.45, 7) is 2.76. The first-order valence-electron chi connectivity index (χ1n) is 11.3. The van der Waals surface area contributed by atoms with Crippen LogP contribution in [-0.2, 0) is 11.2 Å². The molecule has 182 valence electrons. The fourth-order valence-corrected chi connectivity index (χ4v) is 6.03. The second-order valence-corrected chi connectivity index (χ2v) is 9.89. The van der Waals surface area contributed by atoms with E-state index in [0.717, 1.165) is 36.3 Å². The lowest BCUT2D eigenvalue weighted by molar-refractivity contribution is -0.0523. The summed E-state index contributed by atoms with van der Waals surface area (Å²) >= 11 is 1.07. The van der Waals surface area contributed by atoms with Gasteiger partial charge in [-0.2, -0.15) is 0 Å². The quantitative estimate of drug-likeness (QED) is 0.585. The Balaban J connectivity index is 1.41. The number of rotatable bonds is 4. The van der Waals surface area contributed by atoms with Crippen molar-refractivity contribution in [2.75, 3.05) is 18.1 Å². The number of amides is 1. The zero-order valence-electron chi connectivity index (χ0n) is 18.6. The molecule has 9 nitrogen and oxygen atoms in total. The smallest absolute Gasteiger partial charge is 0.278 e. The standard InChI is InChI=1S/C23H21F2N5O4S/c1-2-28-22-16-6-5-13(34-16)9-30(22)29-10-14(19(31)20(32)18(29)23(28)33)21-27-26-17(35-21)7-11-3-4-12(24)8-15(11)25/h3-4,8,10,13,16,22,32H,2,5-7,9H2,1H3/t13-,16?,22-/m0/s1. The molecule has 35 heavy (non-hydrogen) atoms. The van der Waals surface area contributed by atoms with Crippen LogP contribution in [0.15, 0.2) is 29.2 Å². The molecule has 12 heteroatoms. The monoisotopic (exact) mass is 501 g/mol. The first-order chi connectivity index (χ1) is 16.9. The zero-order chi connectivity index (χ0) is 24.4. The Labute approximate surface area is 202 Å². The van der Waals surface area contributed by atoms with Crippen molar-refractivity contribution in [3.8, 4) is 16.3 Å². The average Bonchev–Trinajstić information content (AvgIpc) is 3.45. The van der Waals surface area contributed by atoms with Gasteiger partial charge in [0.1, 0.15) is 22.8 Å². The maximum Gasteiger partial charge on any atom is 0.278 e. The molecular formula is C23H21F2N5O4S. The van der Waals surface area contributed by atoms with Crippen LogP contribution in [0.2, 0.25) is 0 Å². The number of benzene rings is 1. The third kappa shape index (κ3) is 3.42. The molecule has 3 aliphatic heterocycles. The van der Waals surface area contributed by atoms with Crippen molar-refractivity contribution in [3.05, 3.63) is 62.5 Å². The van der Waals surface area contributed by atoms with Crippen LogP contribution in [-0.4, -0.2) is 62.3 Å². The van der Waals surface area contributed by atoms with Gasteiger partial charge in [-0.25, -0.2) is 8.78 Å². The summed E-state index contributed by atoms with van der Waals surface area (Å²) in [7, 11) is 0. The lowest BCUT2D eigenvalue weighted by Crippen LogP contribution is -2.68. The highest BCUT2D eigenvalue weighted by molar-refractivity contribution is 7.14. The van der Waals surface area contributed by atoms with E-state index in [1.165, 1.54) is 12.3 Å². The molecule has 3 aliphatic rings. The lowest BCUT2D eigenvalue weighted by Gasteiger charge is -2.51. The fourth-order valence-electron chi connectivity index (χ4n) is 5.16. The second kappa shape index (κ2) is 8.09. The van der Waals surface area contributed by atoms with Crippen LogP contribution in [0.4, 0.5) is 8.78 Å². The van der Waals surface area contributed by atoms with Crippen molar-refractivity contribution < 1.29 is 23.4 Å². The number of ether oxygens (including phenoxy) is 1. The minimum atomic E-state index is -0.731. The molecule has 0 aliphatic carbocycles. The Hall–Kier alpha value is -3.38. The summed E-state index contributed by atoms with van der Waals surface area (Å²) < 4.78 is 34.9. The van der Waals surface area contributed by atoms with Gasteiger partial charge in [-0.3, -0.25) is 19.3 Å². The molecule has 3 aromatic rings. The number of likely N-dealkylation sites (N-methyl/N-ethyl adjacent to an activating group) is 1. The van der Waals surface area contributed by atoms with Gasteiger partial charge < -0.3 is 14.7 Å². The first-order valence-corrected chi connectivity index (χ1v) is 12.2. The molecule has 0 saturated carbocycles.